The molecule has 0 amide bonds. The number of hydrogen-bond acceptors (Lipinski definition) is 17. The Balaban J connectivity index is 0.0000000830. The van der Waals surface area contributed by atoms with Gasteiger partial charge in [0.15, 0.2) is 42.3 Å². The molecule has 25 heterocycles. The molecule has 0 saturated carbocycles. The topological polar surface area (TPSA) is 216 Å². The number of furan rings is 1. The molecule has 490 valence electrons. The van der Waals surface area contributed by atoms with Crippen LogP contribution >= 0.6 is 34.0 Å². The summed E-state index contributed by atoms with van der Waals surface area (Å²) in [7, 11) is 2.01. The van der Waals surface area contributed by atoms with Gasteiger partial charge in [0.05, 0.1) is 84.1 Å². The molecule has 0 unspecified atom stereocenters. The summed E-state index contributed by atoms with van der Waals surface area (Å²) in [4.78, 5) is 44.1. The zero-order valence-corrected chi connectivity index (χ0v) is 56.6. The van der Waals surface area contributed by atoms with Crippen LogP contribution in [0.4, 0.5) is 0 Å². The van der Waals surface area contributed by atoms with Crippen LogP contribution in [-0.2, 0) is 46.7 Å². The molecular formula is C78H51N18O4S3+5. The highest BCUT2D eigenvalue weighted by Crippen LogP contribution is 2.44. The van der Waals surface area contributed by atoms with Crippen molar-refractivity contribution in [3.05, 3.63) is 243 Å². The Hall–Kier alpha value is -13.0. The van der Waals surface area contributed by atoms with E-state index >= 15 is 0 Å². The highest BCUT2D eigenvalue weighted by atomic mass is 32.2. The fourth-order valence-electron chi connectivity index (χ4n) is 15.4. The summed E-state index contributed by atoms with van der Waals surface area (Å²) >= 11 is 5.39. The van der Waals surface area contributed by atoms with Crippen molar-refractivity contribution in [3.63, 3.8) is 0 Å². The molecule has 25 heteroatoms. The van der Waals surface area contributed by atoms with Gasteiger partial charge in [-0.2, -0.15) is 9.13 Å². The Labute approximate surface area is 596 Å². The Kier molecular flexibility index (Phi) is 11.9. The molecule has 22 nitrogen and oxygen atoms in total. The minimum absolute atomic E-state index is 0.345. The van der Waals surface area contributed by atoms with E-state index < -0.39 is 6.98 Å². The van der Waals surface area contributed by atoms with E-state index in [9.17, 15) is 0 Å². The van der Waals surface area contributed by atoms with E-state index in [4.69, 9.17) is 21.8 Å². The van der Waals surface area contributed by atoms with Crippen LogP contribution < -0.4 is 22.8 Å². The number of pyridine rings is 10. The van der Waals surface area contributed by atoms with Gasteiger partial charge in [0, 0.05) is 92.0 Å². The van der Waals surface area contributed by atoms with Gasteiger partial charge in [-0.25, -0.2) is 0 Å². The van der Waals surface area contributed by atoms with Gasteiger partial charge in [-0.05, 0) is 114 Å². The van der Waals surface area contributed by atoms with Gasteiger partial charge in [-0.15, -0.1) is 25.0 Å². The van der Waals surface area contributed by atoms with Crippen molar-refractivity contribution in [2.75, 3.05) is 0 Å². The van der Waals surface area contributed by atoms with E-state index in [1.165, 1.54) is 56.4 Å². The van der Waals surface area contributed by atoms with Gasteiger partial charge in [0.1, 0.15) is 45.2 Å². The molecule has 20 aromatic heterocycles. The second kappa shape index (κ2) is 22.3. The summed E-state index contributed by atoms with van der Waals surface area (Å²) < 4.78 is 67.0. The molecule has 0 fully saturated rings. The minimum atomic E-state index is -2.34. The SMILES string of the molecule is Cn1c2cnccc2c2c1oc1[n+]2Cc2ncccc2-1.[2H]C([2H])([2H])n1c2cnccc2c2c1oc1[n+]2Cc2ncccc2-1.c1ccc(-n2c3cnccc3c3c2oc2[n+]3Cc3ncccc3-2)cc1.c1cnc2c(c1)-c1sc3oc4cnccc4c3[n+]1C2.c1cnc2c(c1)-c1sc3sc4cnccc4c3[n+]1C2. The summed E-state index contributed by atoms with van der Waals surface area (Å²) in [6, 6.07) is 40.4. The van der Waals surface area contributed by atoms with E-state index in [1.54, 1.807) is 36.1 Å². The van der Waals surface area contributed by atoms with Gasteiger partial charge in [0.25, 0.3) is 54.1 Å². The molecule has 1 aromatic carbocycles. The molecule has 0 N–H and O–H groups in total. The molecule has 26 rings (SSSR count). The van der Waals surface area contributed by atoms with Crippen LogP contribution in [0.1, 0.15) is 32.6 Å². The number of thiophene rings is 1. The second-order valence-electron chi connectivity index (χ2n) is 25.4. The third-order valence-corrected chi connectivity index (χ3v) is 23.4. The van der Waals surface area contributed by atoms with E-state index in [0.29, 0.717) is 23.7 Å². The fourth-order valence-corrected chi connectivity index (χ4v) is 19.2. The third-order valence-electron chi connectivity index (χ3n) is 19.9. The molecule has 0 atom stereocenters. The number of benzene rings is 1. The monoisotopic (exact) mass is 1400 g/mol. The smallest absolute Gasteiger partial charge is 0.385 e. The Bertz CT molecular complexity index is 7100. The van der Waals surface area contributed by atoms with Crippen molar-refractivity contribution in [3.8, 4) is 61.2 Å². The van der Waals surface area contributed by atoms with Crippen LogP contribution in [0.2, 0.25) is 0 Å². The number of hydrogen-bond donors (Lipinski definition) is 0. The molecule has 21 aromatic rings. The zero-order chi connectivity index (χ0) is 70.2. The lowest BCUT2D eigenvalue weighted by Gasteiger charge is -2.03. The first-order valence-electron chi connectivity index (χ1n) is 34.7. The van der Waals surface area contributed by atoms with E-state index in [1.807, 2.05) is 175 Å². The Morgan fingerprint density at radius 1 is 0.369 bits per heavy atom. The number of thiazole rings is 2. The molecular weight excluding hydrogens is 1350 g/mol. The largest absolute Gasteiger partial charge is 0.437 e. The summed E-state index contributed by atoms with van der Waals surface area (Å²) in [6.07, 6.45) is 27.2. The summed E-state index contributed by atoms with van der Waals surface area (Å²) in [5.41, 5.74) is 23.1. The standard InChI is InChI=1S/C20H13N4O.2C15H11N4O.C14H8N3OS.C14H8N3S2/c1-2-5-13(6-3-1)24-17-11-21-10-8-15(17)18-20(24)25-19-14-7-4-9-22-16(14)12-23(18)19;2*1-18-12-7-16-6-4-10(12)13-15(18)20-14-9-3-2-5-17-11(9)8-19(13)14;2*1-2-8-10(16-4-1)7-17-12-9-3-5-15-6-11(9)18-14(12)19-13(8)17/h1-11H,12H2;2*2-7H,8H2,1H3;2*1-6H,7H2/q5*+1/i;1D3;;;. The maximum atomic E-state index is 7.84. The quantitative estimate of drug-likeness (QED) is 0.140. The number of rotatable bonds is 1. The highest BCUT2D eigenvalue weighted by Gasteiger charge is 2.42. The lowest BCUT2D eigenvalue weighted by Crippen LogP contribution is -2.30. The van der Waals surface area contributed by atoms with Gasteiger partial charge in [-0.3, -0.25) is 54.4 Å². The second-order valence-corrected chi connectivity index (χ2v) is 28.7. The number of aromatic nitrogens is 18. The van der Waals surface area contributed by atoms with Gasteiger partial charge in [0.2, 0.25) is 5.52 Å². The third kappa shape index (κ3) is 8.54. The Morgan fingerprint density at radius 3 is 1.38 bits per heavy atom. The van der Waals surface area contributed by atoms with Crippen molar-refractivity contribution in [1.29, 1.82) is 0 Å². The number of nitrogens with zero attached hydrogens (tertiary/aromatic N) is 18. The predicted molar refractivity (Wildman–Crippen MR) is 389 cm³/mol. The van der Waals surface area contributed by atoms with Crippen molar-refractivity contribution >= 4 is 141 Å². The number of fused-ring (bicyclic) bond motifs is 35. The van der Waals surface area contributed by atoms with Crippen LogP contribution in [-0.4, -0.2) is 63.5 Å². The average molecular weight is 1400 g/mol. The van der Waals surface area contributed by atoms with Crippen LogP contribution in [0.25, 0.3) is 169 Å². The molecule has 0 saturated heterocycles. The van der Waals surface area contributed by atoms with Crippen molar-refractivity contribution in [2.45, 2.75) is 32.7 Å². The highest BCUT2D eigenvalue weighted by molar-refractivity contribution is 7.42. The lowest BCUT2D eigenvalue weighted by atomic mass is 10.2. The van der Waals surface area contributed by atoms with Crippen molar-refractivity contribution < 1.29 is 44.6 Å². The number of oxazole rings is 3. The van der Waals surface area contributed by atoms with E-state index in [0.717, 1.165) is 154 Å². The summed E-state index contributed by atoms with van der Waals surface area (Å²) in [5.74, 6) is 2.42. The van der Waals surface area contributed by atoms with Crippen LogP contribution in [0, 0.1) is 0 Å². The lowest BCUT2D eigenvalue weighted by molar-refractivity contribution is -0.649. The minimum Gasteiger partial charge on any atom is -0.437 e. The number of aryl methyl sites for hydroxylation is 2. The molecule has 0 bridgehead atoms. The number of para-hydroxylation sites is 1. The first-order valence-corrected chi connectivity index (χ1v) is 35.6. The van der Waals surface area contributed by atoms with E-state index in [-0.39, 0.29) is 0 Å². The van der Waals surface area contributed by atoms with Gasteiger partial charge < -0.3 is 26.8 Å². The molecule has 0 spiro atoms. The van der Waals surface area contributed by atoms with E-state index in [2.05, 4.69) is 126 Å². The fraction of sp³-hybridized carbons (Fsp3) is 0.0897. The molecule has 5 aliphatic heterocycles. The van der Waals surface area contributed by atoms with Crippen molar-refractivity contribution in [2.24, 2.45) is 14.0 Å². The molecule has 5 aliphatic rings. The van der Waals surface area contributed by atoms with Crippen LogP contribution in [0.3, 0.4) is 0 Å². The maximum absolute atomic E-state index is 7.84. The van der Waals surface area contributed by atoms with Gasteiger partial charge >= 0.3 is 17.7 Å². The zero-order valence-electron chi connectivity index (χ0n) is 57.2. The van der Waals surface area contributed by atoms with Crippen LogP contribution in [0.15, 0.2) is 232 Å². The average Bonchev–Trinajstić information content (AvgIpc) is 1.57. The molecule has 0 radical (unpaired) electrons. The first kappa shape index (κ1) is 54.9. The molecule has 103 heavy (non-hydrogen) atoms. The van der Waals surface area contributed by atoms with Crippen molar-refractivity contribution in [1.82, 2.24) is 63.5 Å². The van der Waals surface area contributed by atoms with Crippen LogP contribution in [0.5, 0.6) is 0 Å². The first-order chi connectivity index (χ1) is 52.1. The van der Waals surface area contributed by atoms with Gasteiger partial charge in [-0.1, -0.05) is 29.5 Å². The predicted octanol–water partition coefficient (Wildman–Crippen LogP) is 13.5. The maximum Gasteiger partial charge on any atom is 0.385 e. The summed E-state index contributed by atoms with van der Waals surface area (Å²) in [5, 5.41) is 8.12. The summed E-state index contributed by atoms with van der Waals surface area (Å²) in [6.45, 7) is 1.44. The Morgan fingerprint density at radius 2 is 0.806 bits per heavy atom. The molecule has 0 aliphatic carbocycles. The normalized spacial score (nSPS) is 13.5.